The number of amides is 1. The molecule has 2 aromatic carbocycles. The first kappa shape index (κ1) is 26.6. The van der Waals surface area contributed by atoms with Gasteiger partial charge < -0.3 is 15.6 Å². The number of halogens is 2. The lowest BCUT2D eigenvalue weighted by atomic mass is 10.1. The second kappa shape index (κ2) is 11.3. The Morgan fingerprint density at radius 3 is 2.59 bits per heavy atom. The monoisotopic (exact) mass is 543 g/mol. The number of imidazole rings is 1. The van der Waals surface area contributed by atoms with E-state index in [0.29, 0.717) is 23.1 Å². The fraction of sp³-hybridized carbons (Fsp3) is 0.280. The van der Waals surface area contributed by atoms with Crippen molar-refractivity contribution in [2.75, 3.05) is 6.54 Å². The van der Waals surface area contributed by atoms with Gasteiger partial charge in [0.1, 0.15) is 6.54 Å². The van der Waals surface area contributed by atoms with Crippen molar-refractivity contribution in [3.8, 4) is 0 Å². The van der Waals surface area contributed by atoms with E-state index in [4.69, 9.17) is 28.9 Å². The normalized spacial score (nSPS) is 13.1. The van der Waals surface area contributed by atoms with Crippen molar-refractivity contribution in [2.45, 2.75) is 32.2 Å². The zero-order chi connectivity index (χ0) is 26.7. The number of carbonyl (C=O) groups excluding carboxylic acids is 1. The standard InChI is InChI=1S/C25H27Cl2N7O3/c1-15(30-21(35)13-34-14-29-23-22(34)24(36)31-25(37)32(23)2)33(11-16-6-4-3-5-7-16)12-20(28)17-8-9-18(26)19(27)10-17/h3-10,14-15,20H,11-13,28H2,1-2H3,(H,30,35)(H,31,36,37)/t15-,20?/m0/s1. The highest BCUT2D eigenvalue weighted by molar-refractivity contribution is 6.42. The van der Waals surface area contributed by atoms with Gasteiger partial charge >= 0.3 is 5.69 Å². The lowest BCUT2D eigenvalue weighted by molar-refractivity contribution is -0.123. The second-order valence-electron chi connectivity index (χ2n) is 8.80. The van der Waals surface area contributed by atoms with Crippen molar-refractivity contribution in [3.05, 3.63) is 96.9 Å². The lowest BCUT2D eigenvalue weighted by Gasteiger charge is -2.32. The molecule has 4 N–H and O–H groups in total. The van der Waals surface area contributed by atoms with Crippen LogP contribution in [0, 0.1) is 0 Å². The number of aryl methyl sites for hydroxylation is 1. The van der Waals surface area contributed by atoms with Gasteiger partial charge in [-0.1, -0.05) is 59.6 Å². The molecule has 0 aliphatic rings. The summed E-state index contributed by atoms with van der Waals surface area (Å²) >= 11 is 12.2. The predicted molar refractivity (Wildman–Crippen MR) is 143 cm³/mol. The number of H-pyrrole nitrogens is 1. The molecule has 4 aromatic rings. The van der Waals surface area contributed by atoms with Crippen LogP contribution in [0.5, 0.6) is 0 Å². The Morgan fingerprint density at radius 2 is 1.89 bits per heavy atom. The van der Waals surface area contributed by atoms with Crippen LogP contribution in [0.1, 0.15) is 24.1 Å². The van der Waals surface area contributed by atoms with E-state index in [1.165, 1.54) is 22.5 Å². The van der Waals surface area contributed by atoms with Gasteiger partial charge in [0.25, 0.3) is 5.56 Å². The van der Waals surface area contributed by atoms with E-state index in [0.717, 1.165) is 11.1 Å². The third-order valence-electron chi connectivity index (χ3n) is 6.14. The third kappa shape index (κ3) is 6.11. The Hall–Kier alpha value is -3.44. The summed E-state index contributed by atoms with van der Waals surface area (Å²) in [7, 11) is 1.50. The van der Waals surface area contributed by atoms with Crippen LogP contribution in [0.3, 0.4) is 0 Å². The maximum atomic E-state index is 13.0. The topological polar surface area (TPSA) is 131 Å². The van der Waals surface area contributed by atoms with Crippen LogP contribution < -0.4 is 22.3 Å². The quantitative estimate of drug-likeness (QED) is 0.278. The molecule has 2 atom stereocenters. The Balaban J connectivity index is 1.52. The average molecular weight is 544 g/mol. The highest BCUT2D eigenvalue weighted by Gasteiger charge is 2.22. The van der Waals surface area contributed by atoms with E-state index in [1.54, 1.807) is 12.1 Å². The smallest absolute Gasteiger partial charge is 0.329 e. The number of hydrogen-bond acceptors (Lipinski definition) is 6. The van der Waals surface area contributed by atoms with Gasteiger partial charge in [-0.2, -0.15) is 0 Å². The second-order valence-corrected chi connectivity index (χ2v) is 9.62. The maximum Gasteiger partial charge on any atom is 0.329 e. The summed E-state index contributed by atoms with van der Waals surface area (Å²) in [5.74, 6) is -0.332. The molecule has 194 valence electrons. The third-order valence-corrected chi connectivity index (χ3v) is 6.88. The van der Waals surface area contributed by atoms with Crippen LogP contribution in [-0.4, -0.2) is 42.6 Å². The number of nitrogens with two attached hydrogens (primary N) is 1. The minimum atomic E-state index is -0.602. The molecule has 2 aromatic heterocycles. The van der Waals surface area contributed by atoms with Crippen LogP contribution in [0.2, 0.25) is 10.0 Å². The molecule has 0 fully saturated rings. The molecular weight excluding hydrogens is 517 g/mol. The fourth-order valence-electron chi connectivity index (χ4n) is 4.11. The van der Waals surface area contributed by atoms with E-state index < -0.39 is 23.5 Å². The van der Waals surface area contributed by atoms with Crippen LogP contribution in [0.4, 0.5) is 0 Å². The molecule has 0 aliphatic heterocycles. The van der Waals surface area contributed by atoms with Gasteiger partial charge in [0.2, 0.25) is 5.91 Å². The van der Waals surface area contributed by atoms with Gasteiger partial charge in [-0.05, 0) is 30.2 Å². The summed E-state index contributed by atoms with van der Waals surface area (Å²) in [5, 5.41) is 3.85. The fourth-order valence-corrected chi connectivity index (χ4v) is 4.42. The first-order valence-electron chi connectivity index (χ1n) is 11.6. The molecule has 0 saturated heterocycles. The SMILES string of the molecule is C[C@@H](NC(=O)Cn1cnc2c1c(=O)[nH]c(=O)n2C)N(Cc1ccccc1)CC(N)c1ccc(Cl)c(Cl)c1. The minimum absolute atomic E-state index is 0.146. The molecule has 10 nitrogen and oxygen atoms in total. The van der Waals surface area contributed by atoms with Gasteiger partial charge in [0, 0.05) is 26.2 Å². The number of carbonyl (C=O) groups is 1. The molecular formula is C25H27Cl2N7O3. The molecule has 0 saturated carbocycles. The molecule has 12 heteroatoms. The van der Waals surface area contributed by atoms with Gasteiger partial charge in [-0.3, -0.25) is 24.0 Å². The van der Waals surface area contributed by atoms with E-state index in [9.17, 15) is 14.4 Å². The Kier molecular flexibility index (Phi) is 8.13. The van der Waals surface area contributed by atoms with Crippen LogP contribution in [-0.2, 0) is 24.9 Å². The molecule has 0 aliphatic carbocycles. The molecule has 37 heavy (non-hydrogen) atoms. The Morgan fingerprint density at radius 1 is 1.16 bits per heavy atom. The molecule has 1 amide bonds. The molecule has 1 unspecified atom stereocenters. The van der Waals surface area contributed by atoms with Crippen molar-refractivity contribution >= 4 is 40.3 Å². The van der Waals surface area contributed by atoms with Crippen molar-refractivity contribution in [2.24, 2.45) is 12.8 Å². The van der Waals surface area contributed by atoms with E-state index >= 15 is 0 Å². The summed E-state index contributed by atoms with van der Waals surface area (Å²) < 4.78 is 2.64. The van der Waals surface area contributed by atoms with E-state index in [2.05, 4.69) is 15.3 Å². The molecule has 2 heterocycles. The van der Waals surface area contributed by atoms with Crippen LogP contribution in [0.15, 0.2) is 64.4 Å². The molecule has 0 spiro atoms. The summed E-state index contributed by atoms with van der Waals surface area (Å²) in [6, 6.07) is 14.7. The van der Waals surface area contributed by atoms with Gasteiger partial charge in [-0.15, -0.1) is 0 Å². The maximum absolute atomic E-state index is 13.0. The Bertz CT molecular complexity index is 1530. The lowest BCUT2D eigenvalue weighted by Crippen LogP contribution is -2.49. The molecule has 4 rings (SSSR count). The van der Waals surface area contributed by atoms with Crippen molar-refractivity contribution < 1.29 is 4.79 Å². The average Bonchev–Trinajstić information content (AvgIpc) is 3.28. The number of aromatic amines is 1. The van der Waals surface area contributed by atoms with Gasteiger partial charge in [0.15, 0.2) is 11.2 Å². The van der Waals surface area contributed by atoms with Gasteiger partial charge in [0.05, 0.1) is 22.5 Å². The first-order chi connectivity index (χ1) is 17.6. The summed E-state index contributed by atoms with van der Waals surface area (Å²) in [4.78, 5) is 45.6. The summed E-state index contributed by atoms with van der Waals surface area (Å²) in [5.41, 5.74) is 7.56. The highest BCUT2D eigenvalue weighted by atomic mass is 35.5. The number of fused-ring (bicyclic) bond motifs is 1. The number of nitrogens with zero attached hydrogens (tertiary/aromatic N) is 4. The predicted octanol–water partition coefficient (Wildman–Crippen LogP) is 2.39. The summed E-state index contributed by atoms with van der Waals surface area (Å²) in [6.07, 6.45) is 0.963. The number of nitrogens with one attached hydrogen (secondary N) is 2. The zero-order valence-corrected chi connectivity index (χ0v) is 21.8. The van der Waals surface area contributed by atoms with E-state index in [1.807, 2.05) is 48.2 Å². The van der Waals surface area contributed by atoms with Crippen LogP contribution >= 0.6 is 23.2 Å². The highest BCUT2D eigenvalue weighted by Crippen LogP contribution is 2.25. The van der Waals surface area contributed by atoms with Crippen molar-refractivity contribution in [1.29, 1.82) is 0 Å². The largest absolute Gasteiger partial charge is 0.339 e. The number of benzene rings is 2. The zero-order valence-electron chi connectivity index (χ0n) is 20.3. The number of hydrogen-bond donors (Lipinski definition) is 3. The van der Waals surface area contributed by atoms with Crippen molar-refractivity contribution in [1.82, 2.24) is 29.3 Å². The Labute approximate surface area is 222 Å². The summed E-state index contributed by atoms with van der Waals surface area (Å²) in [6.45, 7) is 2.67. The van der Waals surface area contributed by atoms with Crippen LogP contribution in [0.25, 0.3) is 11.2 Å². The minimum Gasteiger partial charge on any atom is -0.339 e. The van der Waals surface area contributed by atoms with Gasteiger partial charge in [-0.25, -0.2) is 9.78 Å². The molecule has 0 radical (unpaired) electrons. The number of rotatable bonds is 9. The molecule has 0 bridgehead atoms. The first-order valence-corrected chi connectivity index (χ1v) is 12.3. The number of aromatic nitrogens is 4. The van der Waals surface area contributed by atoms with Crippen molar-refractivity contribution in [3.63, 3.8) is 0 Å². The van der Waals surface area contributed by atoms with E-state index in [-0.39, 0.29) is 23.6 Å².